The minimum absolute atomic E-state index is 0.169. The van der Waals surface area contributed by atoms with Crippen LogP contribution in [-0.2, 0) is 17.8 Å². The Balaban J connectivity index is 1.64. The molecule has 3 heterocycles. The minimum Gasteiger partial charge on any atom is -0.315 e. The fourth-order valence-electron chi connectivity index (χ4n) is 3.34. The third kappa shape index (κ3) is 2.71. The third-order valence-electron chi connectivity index (χ3n) is 4.75. The second kappa shape index (κ2) is 6.16. The van der Waals surface area contributed by atoms with Gasteiger partial charge in [-0.15, -0.1) is 0 Å². The van der Waals surface area contributed by atoms with Crippen molar-refractivity contribution in [2.75, 3.05) is 5.32 Å². The summed E-state index contributed by atoms with van der Waals surface area (Å²) in [7, 11) is 0. The molecule has 1 amide bonds. The molecule has 0 spiro atoms. The van der Waals surface area contributed by atoms with Crippen molar-refractivity contribution in [1.82, 2.24) is 19.7 Å². The van der Waals surface area contributed by atoms with Gasteiger partial charge in [0.1, 0.15) is 11.6 Å². The Morgan fingerprint density at radius 1 is 1.28 bits per heavy atom. The van der Waals surface area contributed by atoms with Crippen molar-refractivity contribution in [3.63, 3.8) is 0 Å². The number of amides is 1. The van der Waals surface area contributed by atoms with Crippen LogP contribution in [0.1, 0.15) is 37.2 Å². The molecule has 0 saturated carbocycles. The van der Waals surface area contributed by atoms with Crippen molar-refractivity contribution in [3.8, 4) is 0 Å². The number of nitrogens with zero attached hydrogens (tertiary/aromatic N) is 3. The number of carbonyl (C=O) groups is 1. The number of aryl methyl sites for hydroxylation is 1. The lowest BCUT2D eigenvalue weighted by molar-refractivity contribution is -0.117. The van der Waals surface area contributed by atoms with Gasteiger partial charge in [0, 0.05) is 18.4 Å². The van der Waals surface area contributed by atoms with Crippen LogP contribution in [0.2, 0.25) is 0 Å². The maximum atomic E-state index is 12.7. The summed E-state index contributed by atoms with van der Waals surface area (Å²) in [5.74, 6) is 1.07. The molecule has 0 saturated heterocycles. The van der Waals surface area contributed by atoms with Crippen LogP contribution in [0.5, 0.6) is 0 Å². The maximum Gasteiger partial charge on any atom is 0.272 e. The van der Waals surface area contributed by atoms with Gasteiger partial charge < -0.3 is 9.88 Å². The van der Waals surface area contributed by atoms with E-state index in [2.05, 4.69) is 25.1 Å². The Morgan fingerprint density at radius 2 is 2.08 bits per heavy atom. The Bertz CT molecular complexity index is 1000. The van der Waals surface area contributed by atoms with Crippen molar-refractivity contribution < 1.29 is 4.79 Å². The topological polar surface area (TPSA) is 92.7 Å². The second-order valence-electron chi connectivity index (χ2n) is 6.36. The predicted octanol–water partition coefficient (Wildman–Crippen LogP) is 2.20. The predicted molar refractivity (Wildman–Crippen MR) is 94.6 cm³/mol. The first-order valence-corrected chi connectivity index (χ1v) is 8.47. The molecule has 4 rings (SSSR count). The van der Waals surface area contributed by atoms with Gasteiger partial charge in [0.25, 0.3) is 5.56 Å². The van der Waals surface area contributed by atoms with E-state index in [1.54, 1.807) is 25.3 Å². The highest BCUT2D eigenvalue weighted by atomic mass is 16.2. The molecule has 1 aromatic carbocycles. The monoisotopic (exact) mass is 337 g/mol. The number of anilines is 1. The van der Waals surface area contributed by atoms with E-state index in [-0.39, 0.29) is 11.5 Å². The molecule has 0 aliphatic carbocycles. The number of hydrogen-bond donors (Lipinski definition) is 2. The van der Waals surface area contributed by atoms with Gasteiger partial charge >= 0.3 is 0 Å². The van der Waals surface area contributed by atoms with Crippen LogP contribution in [0.15, 0.2) is 35.3 Å². The van der Waals surface area contributed by atoms with Gasteiger partial charge in [-0.25, -0.2) is 10.1 Å². The lowest BCUT2D eigenvalue weighted by Crippen LogP contribution is -2.24. The zero-order chi connectivity index (χ0) is 17.4. The molecule has 128 valence electrons. The molecular weight excluding hydrogens is 318 g/mol. The number of hydrogen-bond acceptors (Lipinski definition) is 4. The molecule has 7 nitrogen and oxygen atoms in total. The summed E-state index contributed by atoms with van der Waals surface area (Å²) < 4.78 is 2.06. The lowest BCUT2D eigenvalue weighted by Gasteiger charge is -2.18. The van der Waals surface area contributed by atoms with E-state index in [1.165, 1.54) is 0 Å². The third-order valence-corrected chi connectivity index (χ3v) is 4.75. The van der Waals surface area contributed by atoms with Crippen LogP contribution in [0.25, 0.3) is 10.8 Å². The number of benzene rings is 1. The quantitative estimate of drug-likeness (QED) is 0.766. The van der Waals surface area contributed by atoms with Crippen LogP contribution in [0, 0.1) is 0 Å². The van der Waals surface area contributed by atoms with Gasteiger partial charge in [-0.2, -0.15) is 5.10 Å². The summed E-state index contributed by atoms with van der Waals surface area (Å²) in [6.07, 6.45) is 4.88. The SMILES string of the molecule is C[C@H](C(=O)Nc1cnc2n1CCCC2)c1n[nH]c(=O)c2ccccc12. The highest BCUT2D eigenvalue weighted by Crippen LogP contribution is 2.24. The largest absolute Gasteiger partial charge is 0.315 e. The number of imidazole rings is 1. The standard InChI is InChI=1S/C18H19N5O2/c1-11(16-12-6-2-3-7-13(12)18(25)22-21-16)17(24)20-15-10-19-14-8-4-5-9-23(14)15/h2-3,6-7,10-11H,4-5,8-9H2,1H3,(H,20,24)(H,22,25)/t11-/m0/s1. The minimum atomic E-state index is -0.503. The maximum absolute atomic E-state index is 12.7. The second-order valence-corrected chi connectivity index (χ2v) is 6.36. The van der Waals surface area contributed by atoms with Crippen molar-refractivity contribution in [2.24, 2.45) is 0 Å². The number of rotatable bonds is 3. The molecule has 3 aromatic rings. The van der Waals surface area contributed by atoms with Gasteiger partial charge in [0.2, 0.25) is 5.91 Å². The van der Waals surface area contributed by atoms with Crippen LogP contribution in [-0.4, -0.2) is 25.7 Å². The van der Waals surface area contributed by atoms with Crippen LogP contribution < -0.4 is 10.9 Å². The summed E-state index contributed by atoms with van der Waals surface area (Å²) in [6, 6.07) is 7.18. The zero-order valence-electron chi connectivity index (χ0n) is 14.0. The van der Waals surface area contributed by atoms with Gasteiger partial charge in [-0.3, -0.25) is 9.59 Å². The van der Waals surface area contributed by atoms with Crippen molar-refractivity contribution in [3.05, 3.63) is 52.3 Å². The van der Waals surface area contributed by atoms with E-state index in [9.17, 15) is 9.59 Å². The number of aromatic nitrogens is 4. The molecule has 1 aliphatic heterocycles. The fraction of sp³-hybridized carbons (Fsp3) is 0.333. The fourth-order valence-corrected chi connectivity index (χ4v) is 3.34. The summed E-state index contributed by atoms with van der Waals surface area (Å²) in [5, 5.41) is 10.8. The Kier molecular flexibility index (Phi) is 3.83. The summed E-state index contributed by atoms with van der Waals surface area (Å²) in [4.78, 5) is 29.0. The first-order chi connectivity index (χ1) is 12.1. The Morgan fingerprint density at radius 3 is 2.92 bits per heavy atom. The molecule has 2 N–H and O–H groups in total. The van der Waals surface area contributed by atoms with E-state index < -0.39 is 5.92 Å². The van der Waals surface area contributed by atoms with E-state index in [1.807, 2.05) is 12.1 Å². The van der Waals surface area contributed by atoms with Gasteiger partial charge in [0.15, 0.2) is 0 Å². The molecule has 0 unspecified atom stereocenters. The summed E-state index contributed by atoms with van der Waals surface area (Å²) in [5.41, 5.74) is 0.308. The van der Waals surface area contributed by atoms with E-state index in [0.29, 0.717) is 16.5 Å². The Hall–Kier alpha value is -2.96. The highest BCUT2D eigenvalue weighted by Gasteiger charge is 2.23. The summed E-state index contributed by atoms with van der Waals surface area (Å²) >= 11 is 0. The zero-order valence-corrected chi connectivity index (χ0v) is 14.0. The molecule has 25 heavy (non-hydrogen) atoms. The molecule has 7 heteroatoms. The molecule has 0 bridgehead atoms. The lowest BCUT2D eigenvalue weighted by atomic mass is 10.0. The first-order valence-electron chi connectivity index (χ1n) is 8.47. The van der Waals surface area contributed by atoms with E-state index in [0.717, 1.165) is 37.4 Å². The molecule has 2 aromatic heterocycles. The molecule has 1 atom stereocenters. The van der Waals surface area contributed by atoms with Crippen LogP contribution >= 0.6 is 0 Å². The molecule has 1 aliphatic rings. The number of aromatic amines is 1. The number of nitrogens with one attached hydrogen (secondary N) is 2. The van der Waals surface area contributed by atoms with Gasteiger partial charge in [0.05, 0.1) is 23.2 Å². The number of carbonyl (C=O) groups excluding carboxylic acids is 1. The Labute approximate surface area is 144 Å². The molecule has 0 fully saturated rings. The van der Waals surface area contributed by atoms with Crippen molar-refractivity contribution in [1.29, 1.82) is 0 Å². The summed E-state index contributed by atoms with van der Waals surface area (Å²) in [6.45, 7) is 2.66. The van der Waals surface area contributed by atoms with Crippen LogP contribution in [0.3, 0.4) is 0 Å². The normalized spacial score (nSPS) is 14.9. The number of fused-ring (bicyclic) bond motifs is 2. The smallest absolute Gasteiger partial charge is 0.272 e. The van der Waals surface area contributed by atoms with E-state index in [4.69, 9.17) is 0 Å². The highest BCUT2D eigenvalue weighted by molar-refractivity contribution is 5.97. The average molecular weight is 337 g/mol. The molecule has 0 radical (unpaired) electrons. The van der Waals surface area contributed by atoms with Crippen molar-refractivity contribution >= 4 is 22.5 Å². The van der Waals surface area contributed by atoms with E-state index >= 15 is 0 Å². The van der Waals surface area contributed by atoms with Gasteiger partial charge in [-0.1, -0.05) is 18.2 Å². The van der Waals surface area contributed by atoms with Crippen molar-refractivity contribution in [2.45, 2.75) is 38.6 Å². The average Bonchev–Trinajstić information content (AvgIpc) is 3.05. The van der Waals surface area contributed by atoms with Crippen LogP contribution in [0.4, 0.5) is 5.82 Å². The molecular formula is C18H19N5O2. The first kappa shape index (κ1) is 15.6. The van der Waals surface area contributed by atoms with Gasteiger partial charge in [-0.05, 0) is 25.8 Å². The number of H-pyrrole nitrogens is 1.